The van der Waals surface area contributed by atoms with Crippen molar-refractivity contribution in [3.63, 3.8) is 0 Å². The van der Waals surface area contributed by atoms with Crippen molar-refractivity contribution < 1.29 is 14.2 Å². The molecule has 0 spiro atoms. The SMILES string of the molecule is CCOC1(C(O)c2ccc(F)cc2C)CCCC(C)C1. The zero-order valence-electron chi connectivity index (χ0n) is 12.7. The van der Waals surface area contributed by atoms with Crippen LogP contribution in [-0.2, 0) is 4.74 Å². The van der Waals surface area contributed by atoms with Crippen LogP contribution in [0.2, 0.25) is 0 Å². The van der Waals surface area contributed by atoms with Crippen molar-refractivity contribution in [2.45, 2.75) is 58.2 Å². The van der Waals surface area contributed by atoms with E-state index in [0.717, 1.165) is 30.4 Å². The van der Waals surface area contributed by atoms with Gasteiger partial charge in [0.1, 0.15) is 11.9 Å². The van der Waals surface area contributed by atoms with E-state index >= 15 is 0 Å². The van der Waals surface area contributed by atoms with Crippen LogP contribution in [-0.4, -0.2) is 17.3 Å². The van der Waals surface area contributed by atoms with Crippen molar-refractivity contribution in [1.29, 1.82) is 0 Å². The maximum Gasteiger partial charge on any atom is 0.123 e. The fraction of sp³-hybridized carbons (Fsp3) is 0.647. The Balaban J connectivity index is 2.32. The van der Waals surface area contributed by atoms with Gasteiger partial charge in [0, 0.05) is 6.61 Å². The average molecular weight is 280 g/mol. The molecular formula is C17H25FO2. The van der Waals surface area contributed by atoms with Crippen molar-refractivity contribution in [2.24, 2.45) is 5.92 Å². The summed E-state index contributed by atoms with van der Waals surface area (Å²) in [7, 11) is 0. The maximum atomic E-state index is 13.2. The van der Waals surface area contributed by atoms with Crippen molar-refractivity contribution in [3.05, 3.63) is 35.1 Å². The molecule has 3 heteroatoms. The molecular weight excluding hydrogens is 255 g/mol. The predicted molar refractivity (Wildman–Crippen MR) is 78.1 cm³/mol. The highest BCUT2D eigenvalue weighted by molar-refractivity contribution is 5.30. The van der Waals surface area contributed by atoms with Crippen LogP contribution in [0.25, 0.3) is 0 Å². The van der Waals surface area contributed by atoms with Crippen LogP contribution in [0.15, 0.2) is 18.2 Å². The normalized spacial score (nSPS) is 28.4. The minimum atomic E-state index is -0.689. The lowest BCUT2D eigenvalue weighted by molar-refractivity contribution is -0.150. The fourth-order valence-corrected chi connectivity index (χ4v) is 3.52. The summed E-state index contributed by atoms with van der Waals surface area (Å²) in [5.41, 5.74) is 1.05. The van der Waals surface area contributed by atoms with E-state index in [4.69, 9.17) is 4.74 Å². The summed E-state index contributed by atoms with van der Waals surface area (Å²) in [5.74, 6) is 0.284. The lowest BCUT2D eigenvalue weighted by Crippen LogP contribution is -2.43. The number of hydrogen-bond acceptors (Lipinski definition) is 2. The van der Waals surface area contributed by atoms with Gasteiger partial charge in [-0.1, -0.05) is 25.8 Å². The first kappa shape index (κ1) is 15.5. The van der Waals surface area contributed by atoms with Crippen molar-refractivity contribution in [2.75, 3.05) is 6.61 Å². The van der Waals surface area contributed by atoms with Gasteiger partial charge < -0.3 is 9.84 Å². The summed E-state index contributed by atoms with van der Waals surface area (Å²) in [5, 5.41) is 10.9. The van der Waals surface area contributed by atoms with Crippen LogP contribution < -0.4 is 0 Å². The molecule has 0 amide bonds. The van der Waals surface area contributed by atoms with E-state index in [9.17, 15) is 9.50 Å². The Morgan fingerprint density at radius 1 is 1.50 bits per heavy atom. The summed E-state index contributed by atoms with van der Waals surface area (Å²) in [6.45, 7) is 6.60. The van der Waals surface area contributed by atoms with E-state index in [1.807, 2.05) is 13.8 Å². The average Bonchev–Trinajstić information content (AvgIpc) is 2.38. The molecule has 1 aromatic rings. The van der Waals surface area contributed by atoms with Gasteiger partial charge in [-0.15, -0.1) is 0 Å². The Bertz CT molecular complexity index is 456. The molecule has 20 heavy (non-hydrogen) atoms. The number of aliphatic hydroxyl groups is 1. The summed E-state index contributed by atoms with van der Waals surface area (Å²) in [6, 6.07) is 4.58. The van der Waals surface area contributed by atoms with Gasteiger partial charge in [-0.25, -0.2) is 4.39 Å². The molecule has 112 valence electrons. The molecule has 0 radical (unpaired) electrons. The Kier molecular flexibility index (Phi) is 4.82. The van der Waals surface area contributed by atoms with Gasteiger partial charge in [-0.05, 0) is 55.9 Å². The molecule has 0 aliphatic heterocycles. The Hall–Kier alpha value is -0.930. The molecule has 0 aromatic heterocycles. The summed E-state index contributed by atoms with van der Waals surface area (Å²) >= 11 is 0. The molecule has 1 fully saturated rings. The third-order valence-electron chi connectivity index (χ3n) is 4.45. The lowest BCUT2D eigenvalue weighted by atomic mass is 9.73. The van der Waals surface area contributed by atoms with E-state index in [1.54, 1.807) is 6.07 Å². The van der Waals surface area contributed by atoms with E-state index in [1.165, 1.54) is 18.6 Å². The smallest absolute Gasteiger partial charge is 0.123 e. The molecule has 1 aliphatic rings. The summed E-state index contributed by atoms with van der Waals surface area (Å²) in [6.07, 6.45) is 3.29. The number of rotatable bonds is 4. The third-order valence-corrected chi connectivity index (χ3v) is 4.45. The molecule has 1 aliphatic carbocycles. The van der Waals surface area contributed by atoms with E-state index < -0.39 is 11.7 Å². The minimum Gasteiger partial charge on any atom is -0.385 e. The molecule has 1 aromatic carbocycles. The van der Waals surface area contributed by atoms with Gasteiger partial charge in [0.15, 0.2) is 0 Å². The highest BCUT2D eigenvalue weighted by Crippen LogP contribution is 2.44. The second-order valence-corrected chi connectivity index (χ2v) is 6.10. The third kappa shape index (κ3) is 3.04. The number of halogens is 1. The highest BCUT2D eigenvalue weighted by Gasteiger charge is 2.43. The molecule has 0 bridgehead atoms. The maximum absolute atomic E-state index is 13.2. The number of aliphatic hydroxyl groups excluding tert-OH is 1. The van der Waals surface area contributed by atoms with Crippen molar-refractivity contribution >= 4 is 0 Å². The van der Waals surface area contributed by atoms with E-state index in [0.29, 0.717) is 12.5 Å². The second-order valence-electron chi connectivity index (χ2n) is 6.10. The highest BCUT2D eigenvalue weighted by atomic mass is 19.1. The van der Waals surface area contributed by atoms with E-state index in [2.05, 4.69) is 6.92 Å². The summed E-state index contributed by atoms with van der Waals surface area (Å²) < 4.78 is 19.2. The van der Waals surface area contributed by atoms with Crippen molar-refractivity contribution in [1.82, 2.24) is 0 Å². The molecule has 3 atom stereocenters. The van der Waals surface area contributed by atoms with Crippen LogP contribution in [0, 0.1) is 18.7 Å². The molecule has 0 saturated heterocycles. The lowest BCUT2D eigenvalue weighted by Gasteiger charge is -2.43. The van der Waals surface area contributed by atoms with Gasteiger partial charge in [-0.3, -0.25) is 0 Å². The van der Waals surface area contributed by atoms with Crippen LogP contribution in [0.3, 0.4) is 0 Å². The van der Waals surface area contributed by atoms with Gasteiger partial charge in [0.2, 0.25) is 0 Å². The first-order valence-electron chi connectivity index (χ1n) is 7.56. The monoisotopic (exact) mass is 280 g/mol. The molecule has 1 saturated carbocycles. The van der Waals surface area contributed by atoms with E-state index in [-0.39, 0.29) is 5.82 Å². The number of benzene rings is 1. The fourth-order valence-electron chi connectivity index (χ4n) is 3.52. The minimum absolute atomic E-state index is 0.263. The van der Waals surface area contributed by atoms with Gasteiger partial charge in [0.05, 0.1) is 5.60 Å². The van der Waals surface area contributed by atoms with Gasteiger partial charge in [0.25, 0.3) is 0 Å². The summed E-state index contributed by atoms with van der Waals surface area (Å²) in [4.78, 5) is 0. The van der Waals surface area contributed by atoms with Gasteiger partial charge >= 0.3 is 0 Å². The molecule has 0 heterocycles. The standard InChI is InChI=1S/C17H25FO2/c1-4-20-17(9-5-6-12(2)11-17)16(19)15-8-7-14(18)10-13(15)3/h7-8,10,12,16,19H,4-6,9,11H2,1-3H3. The molecule has 2 nitrogen and oxygen atoms in total. The quantitative estimate of drug-likeness (QED) is 0.897. The Morgan fingerprint density at radius 2 is 2.25 bits per heavy atom. The first-order chi connectivity index (χ1) is 9.48. The Morgan fingerprint density at radius 3 is 2.85 bits per heavy atom. The van der Waals surface area contributed by atoms with Gasteiger partial charge in [-0.2, -0.15) is 0 Å². The number of ether oxygens (including phenoxy) is 1. The zero-order valence-corrected chi connectivity index (χ0v) is 12.7. The van der Waals surface area contributed by atoms with Crippen molar-refractivity contribution in [3.8, 4) is 0 Å². The number of hydrogen-bond donors (Lipinski definition) is 1. The molecule has 3 unspecified atom stereocenters. The largest absolute Gasteiger partial charge is 0.385 e. The second kappa shape index (κ2) is 6.23. The zero-order chi connectivity index (χ0) is 14.8. The number of aryl methyl sites for hydroxylation is 1. The van der Waals surface area contributed by atoms with Crippen LogP contribution in [0.5, 0.6) is 0 Å². The van der Waals surface area contributed by atoms with Crippen LogP contribution in [0.1, 0.15) is 56.8 Å². The molecule has 2 rings (SSSR count). The molecule has 1 N–H and O–H groups in total. The van der Waals surface area contributed by atoms with Crippen LogP contribution >= 0.6 is 0 Å². The predicted octanol–water partition coefficient (Wildman–Crippen LogP) is 4.15. The topological polar surface area (TPSA) is 29.5 Å². The first-order valence-corrected chi connectivity index (χ1v) is 7.56. The Labute approximate surface area is 121 Å². The van der Waals surface area contributed by atoms with Crippen LogP contribution in [0.4, 0.5) is 4.39 Å².